The van der Waals surface area contributed by atoms with Crippen molar-refractivity contribution in [1.82, 2.24) is 10.2 Å². The molecule has 0 fully saturated rings. The van der Waals surface area contributed by atoms with Crippen LogP contribution in [0.5, 0.6) is 0 Å². The van der Waals surface area contributed by atoms with Crippen LogP contribution < -0.4 is 11.1 Å². The van der Waals surface area contributed by atoms with Gasteiger partial charge in [0.15, 0.2) is 0 Å². The highest BCUT2D eigenvalue weighted by Crippen LogP contribution is 2.21. The number of nitrogens with zero attached hydrogens (tertiary/aromatic N) is 1. The number of hydrogen-bond acceptors (Lipinski definition) is 3. The number of amides is 2. The Morgan fingerprint density at radius 2 is 2.29 bits per heavy atom. The van der Waals surface area contributed by atoms with Gasteiger partial charge in [-0.15, -0.1) is 0 Å². The van der Waals surface area contributed by atoms with Gasteiger partial charge in [0.1, 0.15) is 0 Å². The molecule has 2 rings (SSSR count). The number of benzene rings is 1. The predicted octanol–water partition coefficient (Wildman–Crippen LogP) is 0.0131. The van der Waals surface area contributed by atoms with Gasteiger partial charge in [0.05, 0.1) is 6.54 Å². The third-order valence-electron chi connectivity index (χ3n) is 2.92. The number of fused-ring (bicyclic) bond motifs is 1. The highest BCUT2D eigenvalue weighted by Gasteiger charge is 2.25. The van der Waals surface area contributed by atoms with E-state index in [1.807, 2.05) is 6.07 Å². The molecule has 0 saturated carbocycles. The van der Waals surface area contributed by atoms with Crippen molar-refractivity contribution in [1.29, 1.82) is 0 Å². The molecular weight excluding hydrogens is 218 g/mol. The minimum Gasteiger partial charge on any atom is -0.399 e. The molecule has 0 saturated heterocycles. The van der Waals surface area contributed by atoms with Gasteiger partial charge in [-0.05, 0) is 24.1 Å². The van der Waals surface area contributed by atoms with Crippen LogP contribution in [0.1, 0.15) is 15.9 Å². The second-order valence-corrected chi connectivity index (χ2v) is 4.07. The van der Waals surface area contributed by atoms with Gasteiger partial charge < -0.3 is 16.0 Å². The summed E-state index contributed by atoms with van der Waals surface area (Å²) >= 11 is 0. The zero-order valence-electron chi connectivity index (χ0n) is 9.69. The largest absolute Gasteiger partial charge is 0.399 e. The minimum atomic E-state index is -0.161. The van der Waals surface area contributed by atoms with Gasteiger partial charge in [0.25, 0.3) is 5.91 Å². The third-order valence-corrected chi connectivity index (χ3v) is 2.92. The van der Waals surface area contributed by atoms with Gasteiger partial charge in [-0.1, -0.05) is 6.07 Å². The van der Waals surface area contributed by atoms with Crippen molar-refractivity contribution in [2.45, 2.75) is 6.42 Å². The molecule has 1 aliphatic rings. The number of nitrogen functional groups attached to an aromatic ring is 1. The molecule has 17 heavy (non-hydrogen) atoms. The summed E-state index contributed by atoms with van der Waals surface area (Å²) in [5, 5.41) is 2.51. The first-order valence-corrected chi connectivity index (χ1v) is 5.50. The highest BCUT2D eigenvalue weighted by molar-refractivity contribution is 5.99. The topological polar surface area (TPSA) is 75.4 Å². The van der Waals surface area contributed by atoms with Crippen LogP contribution in [0.2, 0.25) is 0 Å². The van der Waals surface area contributed by atoms with Gasteiger partial charge in [-0.25, -0.2) is 0 Å². The minimum absolute atomic E-state index is 0.101. The first-order valence-electron chi connectivity index (χ1n) is 5.50. The smallest absolute Gasteiger partial charge is 0.254 e. The molecule has 3 N–H and O–H groups in total. The molecule has 5 heteroatoms. The maximum atomic E-state index is 12.1. The molecule has 1 heterocycles. The van der Waals surface area contributed by atoms with E-state index >= 15 is 0 Å². The Balaban J connectivity index is 2.23. The molecule has 2 amide bonds. The first kappa shape index (κ1) is 11.4. The number of likely N-dealkylation sites (N-methyl/N-ethyl adjacent to an activating group) is 1. The van der Waals surface area contributed by atoms with Gasteiger partial charge in [-0.2, -0.15) is 0 Å². The molecule has 0 aromatic heterocycles. The lowest BCUT2D eigenvalue weighted by Crippen LogP contribution is -2.43. The second kappa shape index (κ2) is 4.45. The van der Waals surface area contributed by atoms with Gasteiger partial charge in [0, 0.05) is 24.8 Å². The van der Waals surface area contributed by atoms with E-state index in [1.54, 1.807) is 24.1 Å². The summed E-state index contributed by atoms with van der Waals surface area (Å²) in [5.74, 6) is -0.284. The highest BCUT2D eigenvalue weighted by atomic mass is 16.2. The average molecular weight is 233 g/mol. The van der Waals surface area contributed by atoms with Crippen molar-refractivity contribution in [3.8, 4) is 0 Å². The monoisotopic (exact) mass is 233 g/mol. The number of carbonyl (C=O) groups excluding carboxylic acids is 2. The maximum absolute atomic E-state index is 12.1. The standard InChI is InChI=1S/C12H15N3O2/c1-14-11(16)7-15-5-4-8-2-3-9(13)6-10(8)12(15)17/h2-3,6H,4-5,7,13H2,1H3,(H,14,16). The fourth-order valence-corrected chi connectivity index (χ4v) is 1.94. The molecule has 0 atom stereocenters. The molecule has 1 aliphatic heterocycles. The summed E-state index contributed by atoms with van der Waals surface area (Å²) in [4.78, 5) is 24.9. The van der Waals surface area contributed by atoms with Gasteiger partial charge in [0.2, 0.25) is 5.91 Å². The quantitative estimate of drug-likeness (QED) is 0.707. The Morgan fingerprint density at radius 1 is 1.53 bits per heavy atom. The Kier molecular flexibility index (Phi) is 2.99. The number of nitrogens with one attached hydrogen (secondary N) is 1. The van der Waals surface area contributed by atoms with E-state index in [-0.39, 0.29) is 18.4 Å². The van der Waals surface area contributed by atoms with Crippen LogP contribution in [-0.2, 0) is 11.2 Å². The lowest BCUT2D eigenvalue weighted by Gasteiger charge is -2.28. The summed E-state index contributed by atoms with van der Waals surface area (Å²) in [7, 11) is 1.56. The second-order valence-electron chi connectivity index (χ2n) is 4.07. The van der Waals surface area contributed by atoms with Crippen LogP contribution in [0, 0.1) is 0 Å². The van der Waals surface area contributed by atoms with E-state index in [4.69, 9.17) is 5.73 Å². The van der Waals surface area contributed by atoms with Crippen LogP contribution in [0.3, 0.4) is 0 Å². The molecule has 0 unspecified atom stereocenters. The van der Waals surface area contributed by atoms with Crippen molar-refractivity contribution in [3.63, 3.8) is 0 Å². The molecule has 0 aliphatic carbocycles. The van der Waals surface area contributed by atoms with E-state index in [9.17, 15) is 9.59 Å². The molecule has 1 aromatic carbocycles. The van der Waals surface area contributed by atoms with Crippen molar-refractivity contribution < 1.29 is 9.59 Å². The Hall–Kier alpha value is -2.04. The SMILES string of the molecule is CNC(=O)CN1CCc2ccc(N)cc2C1=O. The molecule has 0 radical (unpaired) electrons. The maximum Gasteiger partial charge on any atom is 0.254 e. The number of nitrogens with two attached hydrogens (primary N) is 1. The normalized spacial score (nSPS) is 14.4. The number of rotatable bonds is 2. The van der Waals surface area contributed by atoms with Gasteiger partial charge >= 0.3 is 0 Å². The van der Waals surface area contributed by atoms with E-state index in [2.05, 4.69) is 5.32 Å². The average Bonchev–Trinajstić information content (AvgIpc) is 2.33. The van der Waals surface area contributed by atoms with Crippen LogP contribution in [0.15, 0.2) is 18.2 Å². The number of hydrogen-bond donors (Lipinski definition) is 2. The summed E-state index contributed by atoms with van der Waals surface area (Å²) in [5.41, 5.74) is 7.84. The van der Waals surface area contributed by atoms with Gasteiger partial charge in [-0.3, -0.25) is 9.59 Å². The molecule has 5 nitrogen and oxygen atoms in total. The summed E-state index contributed by atoms with van der Waals surface area (Å²) in [6.45, 7) is 0.673. The van der Waals surface area contributed by atoms with E-state index < -0.39 is 0 Å². The van der Waals surface area contributed by atoms with E-state index in [0.29, 0.717) is 17.8 Å². The first-order chi connectivity index (χ1) is 8.11. The van der Waals surface area contributed by atoms with Crippen molar-refractivity contribution in [2.75, 3.05) is 25.9 Å². The molecular formula is C12H15N3O2. The van der Waals surface area contributed by atoms with Crippen LogP contribution >= 0.6 is 0 Å². The fourth-order valence-electron chi connectivity index (χ4n) is 1.94. The lowest BCUT2D eigenvalue weighted by molar-refractivity contribution is -0.121. The van der Waals surface area contributed by atoms with Crippen LogP contribution in [0.25, 0.3) is 0 Å². The summed E-state index contributed by atoms with van der Waals surface area (Å²) in [6, 6.07) is 5.34. The van der Waals surface area contributed by atoms with Crippen LogP contribution in [0.4, 0.5) is 5.69 Å². The zero-order valence-corrected chi connectivity index (χ0v) is 9.69. The summed E-state index contributed by atoms with van der Waals surface area (Å²) in [6.07, 6.45) is 0.762. The van der Waals surface area contributed by atoms with E-state index in [1.165, 1.54) is 0 Å². The van der Waals surface area contributed by atoms with Crippen LogP contribution in [-0.4, -0.2) is 36.9 Å². The molecule has 90 valence electrons. The van der Waals surface area contributed by atoms with Crippen molar-refractivity contribution in [2.24, 2.45) is 0 Å². The predicted molar refractivity (Wildman–Crippen MR) is 64.5 cm³/mol. The molecule has 0 bridgehead atoms. The van der Waals surface area contributed by atoms with Crippen molar-refractivity contribution in [3.05, 3.63) is 29.3 Å². The molecule has 0 spiro atoms. The zero-order chi connectivity index (χ0) is 12.4. The third kappa shape index (κ3) is 2.22. The fraction of sp³-hybridized carbons (Fsp3) is 0.333. The molecule has 1 aromatic rings. The van der Waals surface area contributed by atoms with E-state index in [0.717, 1.165) is 12.0 Å². The Morgan fingerprint density at radius 3 is 3.00 bits per heavy atom. The number of carbonyl (C=O) groups is 2. The summed E-state index contributed by atoms with van der Waals surface area (Å²) < 4.78 is 0. The lowest BCUT2D eigenvalue weighted by atomic mass is 9.98. The number of anilines is 1. The Bertz CT molecular complexity index is 471. The van der Waals surface area contributed by atoms with Crippen molar-refractivity contribution >= 4 is 17.5 Å². The Labute approximate surface area is 99.6 Å².